The molecule has 2 unspecified atom stereocenters. The van der Waals surface area contributed by atoms with E-state index in [2.05, 4.69) is 15.5 Å². The molecule has 1 aromatic heterocycles. The van der Waals surface area contributed by atoms with Gasteiger partial charge in [0, 0.05) is 18.8 Å². The fraction of sp³-hybridized carbons (Fsp3) is 0.750. The van der Waals surface area contributed by atoms with Gasteiger partial charge in [-0.05, 0) is 38.4 Å². The number of H-pyrrole nitrogens is 1. The fourth-order valence-corrected chi connectivity index (χ4v) is 2.44. The number of likely N-dealkylation sites (tertiary alicyclic amines) is 1. The smallest absolute Gasteiger partial charge is 0.309 e. The topological polar surface area (TPSA) is 44.0 Å². The maximum absolute atomic E-state index is 12.3. The van der Waals surface area contributed by atoms with Gasteiger partial charge in [-0.25, -0.2) is 0 Å². The molecule has 0 amide bonds. The second-order valence-corrected chi connectivity index (χ2v) is 5.15. The van der Waals surface area contributed by atoms with Gasteiger partial charge < -0.3 is 5.32 Å². The van der Waals surface area contributed by atoms with Crippen molar-refractivity contribution in [1.29, 1.82) is 0 Å². The molecular formula is C12H19F3N4. The number of nitrogens with zero attached hydrogens (tertiary/aromatic N) is 2. The summed E-state index contributed by atoms with van der Waals surface area (Å²) in [7, 11) is 0. The Bertz CT molecular complexity index is 377. The number of hydrogen-bond acceptors (Lipinski definition) is 3. The first kappa shape index (κ1) is 14.3. The molecule has 0 aliphatic carbocycles. The normalized spacial score (nSPS) is 22.8. The van der Waals surface area contributed by atoms with Crippen LogP contribution in [-0.4, -0.2) is 47.5 Å². The monoisotopic (exact) mass is 276 g/mol. The molecule has 2 rings (SSSR count). The Kier molecular flexibility index (Phi) is 4.46. The number of aromatic nitrogens is 2. The highest BCUT2D eigenvalue weighted by atomic mass is 19.4. The van der Waals surface area contributed by atoms with Crippen LogP contribution in [-0.2, 0) is 0 Å². The summed E-state index contributed by atoms with van der Waals surface area (Å²) in [5, 5.41) is 10.1. The molecular weight excluding hydrogens is 257 g/mol. The minimum atomic E-state index is -4.09. The van der Waals surface area contributed by atoms with Crippen LogP contribution in [0.5, 0.6) is 0 Å². The molecule has 1 fully saturated rings. The Balaban J connectivity index is 1.71. The maximum Gasteiger partial charge on any atom is 0.401 e. The molecule has 19 heavy (non-hydrogen) atoms. The van der Waals surface area contributed by atoms with Crippen molar-refractivity contribution in [2.24, 2.45) is 5.92 Å². The van der Waals surface area contributed by atoms with Crippen LogP contribution in [0, 0.1) is 5.92 Å². The number of nitrogens with one attached hydrogen (secondary N) is 2. The summed E-state index contributed by atoms with van der Waals surface area (Å²) < 4.78 is 36.8. The molecule has 2 atom stereocenters. The zero-order valence-corrected chi connectivity index (χ0v) is 10.9. The molecule has 0 spiro atoms. The predicted octanol–water partition coefficient (Wildman–Crippen LogP) is 1.94. The molecule has 0 radical (unpaired) electrons. The second kappa shape index (κ2) is 5.92. The Labute approximate surface area is 110 Å². The quantitative estimate of drug-likeness (QED) is 0.864. The van der Waals surface area contributed by atoms with Crippen LogP contribution >= 0.6 is 0 Å². The van der Waals surface area contributed by atoms with Gasteiger partial charge in [0.25, 0.3) is 0 Å². The Morgan fingerprint density at radius 1 is 1.58 bits per heavy atom. The lowest BCUT2D eigenvalue weighted by molar-refractivity contribution is -0.143. The van der Waals surface area contributed by atoms with Crippen LogP contribution < -0.4 is 5.32 Å². The van der Waals surface area contributed by atoms with Gasteiger partial charge in [-0.15, -0.1) is 0 Å². The third kappa shape index (κ3) is 4.50. The molecule has 0 saturated carbocycles. The number of aromatic amines is 1. The van der Waals surface area contributed by atoms with E-state index in [9.17, 15) is 13.2 Å². The molecule has 0 bridgehead atoms. The van der Waals surface area contributed by atoms with Crippen molar-refractivity contribution in [3.05, 3.63) is 18.0 Å². The molecule has 1 aliphatic rings. The lowest BCUT2D eigenvalue weighted by Crippen LogP contribution is -2.34. The minimum Gasteiger partial charge on any atom is -0.309 e. The summed E-state index contributed by atoms with van der Waals surface area (Å²) in [6.07, 6.45) is -1.58. The van der Waals surface area contributed by atoms with Gasteiger partial charge in [0.1, 0.15) is 0 Å². The third-order valence-electron chi connectivity index (χ3n) is 3.47. The first-order chi connectivity index (χ1) is 8.94. The summed E-state index contributed by atoms with van der Waals surface area (Å²) in [6.45, 7) is 3.00. The Morgan fingerprint density at radius 2 is 2.37 bits per heavy atom. The van der Waals surface area contributed by atoms with Crippen molar-refractivity contribution in [2.45, 2.75) is 25.6 Å². The van der Waals surface area contributed by atoms with Crippen LogP contribution in [0.1, 0.15) is 25.1 Å². The van der Waals surface area contributed by atoms with Gasteiger partial charge in [0.15, 0.2) is 0 Å². The molecule has 7 heteroatoms. The fourth-order valence-electron chi connectivity index (χ4n) is 2.44. The molecule has 4 nitrogen and oxygen atoms in total. The number of halogens is 3. The summed E-state index contributed by atoms with van der Waals surface area (Å²) >= 11 is 0. The SMILES string of the molecule is CC(NCC1CCN(CC(F)(F)F)C1)c1ccn[nH]1. The van der Waals surface area contributed by atoms with E-state index < -0.39 is 12.7 Å². The third-order valence-corrected chi connectivity index (χ3v) is 3.47. The largest absolute Gasteiger partial charge is 0.401 e. The van der Waals surface area contributed by atoms with E-state index in [1.165, 1.54) is 4.90 Å². The van der Waals surface area contributed by atoms with Crippen molar-refractivity contribution in [2.75, 3.05) is 26.2 Å². The van der Waals surface area contributed by atoms with Crippen LogP contribution in [0.2, 0.25) is 0 Å². The first-order valence-corrected chi connectivity index (χ1v) is 6.46. The van der Waals surface area contributed by atoms with Gasteiger partial charge in [-0.3, -0.25) is 10.00 Å². The van der Waals surface area contributed by atoms with Crippen LogP contribution in [0.3, 0.4) is 0 Å². The molecule has 108 valence electrons. The van der Waals surface area contributed by atoms with Gasteiger partial charge in [0.05, 0.1) is 12.2 Å². The highest BCUT2D eigenvalue weighted by Crippen LogP contribution is 2.22. The van der Waals surface area contributed by atoms with Crippen LogP contribution in [0.15, 0.2) is 12.3 Å². The van der Waals surface area contributed by atoms with Gasteiger partial charge in [-0.1, -0.05) is 0 Å². The minimum absolute atomic E-state index is 0.138. The van der Waals surface area contributed by atoms with E-state index in [1.54, 1.807) is 6.20 Å². The van der Waals surface area contributed by atoms with E-state index in [-0.39, 0.29) is 12.0 Å². The van der Waals surface area contributed by atoms with Crippen molar-refractivity contribution >= 4 is 0 Å². The summed E-state index contributed by atoms with van der Waals surface area (Å²) in [4.78, 5) is 1.48. The summed E-state index contributed by atoms with van der Waals surface area (Å²) in [5.74, 6) is 0.285. The van der Waals surface area contributed by atoms with Gasteiger partial charge in [-0.2, -0.15) is 18.3 Å². The van der Waals surface area contributed by atoms with Gasteiger partial charge in [0.2, 0.25) is 0 Å². The number of alkyl halides is 3. The second-order valence-electron chi connectivity index (χ2n) is 5.15. The lowest BCUT2D eigenvalue weighted by Gasteiger charge is -2.19. The lowest BCUT2D eigenvalue weighted by atomic mass is 10.1. The average molecular weight is 276 g/mol. The van der Waals surface area contributed by atoms with Crippen LogP contribution in [0.25, 0.3) is 0 Å². The van der Waals surface area contributed by atoms with Crippen molar-refractivity contribution in [3.63, 3.8) is 0 Å². The molecule has 2 N–H and O–H groups in total. The molecule has 1 aromatic rings. The highest BCUT2D eigenvalue weighted by molar-refractivity contribution is 5.02. The standard InChI is InChI=1S/C12H19F3N4/c1-9(11-2-4-17-18-11)16-6-10-3-5-19(7-10)8-12(13,14)15/h2,4,9-10,16H,3,5-8H2,1H3,(H,17,18). The first-order valence-electron chi connectivity index (χ1n) is 6.46. The molecule has 2 heterocycles. The average Bonchev–Trinajstić information content (AvgIpc) is 2.94. The van der Waals surface area contributed by atoms with E-state index in [0.717, 1.165) is 18.7 Å². The molecule has 0 aromatic carbocycles. The maximum atomic E-state index is 12.3. The van der Waals surface area contributed by atoms with Crippen LogP contribution in [0.4, 0.5) is 13.2 Å². The molecule has 1 saturated heterocycles. The van der Waals surface area contributed by atoms with E-state index in [0.29, 0.717) is 13.1 Å². The Hall–Kier alpha value is -1.08. The zero-order chi connectivity index (χ0) is 13.9. The van der Waals surface area contributed by atoms with Gasteiger partial charge >= 0.3 is 6.18 Å². The number of rotatable bonds is 5. The zero-order valence-electron chi connectivity index (χ0n) is 10.9. The summed E-state index contributed by atoms with van der Waals surface area (Å²) in [5.41, 5.74) is 0.991. The van der Waals surface area contributed by atoms with E-state index >= 15 is 0 Å². The summed E-state index contributed by atoms with van der Waals surface area (Å²) in [6, 6.07) is 2.03. The molecule has 1 aliphatic heterocycles. The predicted molar refractivity (Wildman–Crippen MR) is 65.6 cm³/mol. The van der Waals surface area contributed by atoms with Crippen molar-refractivity contribution < 1.29 is 13.2 Å². The van der Waals surface area contributed by atoms with Crippen molar-refractivity contribution in [3.8, 4) is 0 Å². The Morgan fingerprint density at radius 3 is 3.00 bits per heavy atom. The van der Waals surface area contributed by atoms with E-state index in [4.69, 9.17) is 0 Å². The van der Waals surface area contributed by atoms with Crippen molar-refractivity contribution in [1.82, 2.24) is 20.4 Å². The van der Waals surface area contributed by atoms with E-state index in [1.807, 2.05) is 13.0 Å². The number of hydrogen-bond donors (Lipinski definition) is 2. The highest BCUT2D eigenvalue weighted by Gasteiger charge is 2.34.